The van der Waals surface area contributed by atoms with Crippen LogP contribution in [0.2, 0.25) is 0 Å². The average Bonchev–Trinajstić information content (AvgIpc) is 3.04. The lowest BCUT2D eigenvalue weighted by Crippen LogP contribution is -2.37. The zero-order valence-electron chi connectivity index (χ0n) is 18.6. The lowest BCUT2D eigenvalue weighted by atomic mass is 10.1. The Labute approximate surface area is 199 Å². The largest absolute Gasteiger partial charge is 0.454 e. The third kappa shape index (κ3) is 4.40. The van der Waals surface area contributed by atoms with Gasteiger partial charge in [0.2, 0.25) is 0 Å². The van der Waals surface area contributed by atoms with Crippen LogP contribution in [0.5, 0.6) is 0 Å². The van der Waals surface area contributed by atoms with Crippen molar-refractivity contribution in [2.24, 2.45) is 0 Å². The van der Waals surface area contributed by atoms with Crippen LogP contribution in [0.1, 0.15) is 45.9 Å². The van der Waals surface area contributed by atoms with Gasteiger partial charge in [0.1, 0.15) is 10.6 Å². The van der Waals surface area contributed by atoms with Gasteiger partial charge in [-0.15, -0.1) is 11.3 Å². The first-order chi connectivity index (χ1) is 16.5. The third-order valence-corrected chi connectivity index (χ3v) is 7.42. The minimum atomic E-state index is -0.672. The first kappa shape index (κ1) is 22.5. The number of morpholine rings is 1. The summed E-state index contributed by atoms with van der Waals surface area (Å²) in [6.07, 6.45) is 5.51. The van der Waals surface area contributed by atoms with E-state index in [1.807, 2.05) is 4.90 Å². The number of fused-ring (bicyclic) bond motifs is 3. The van der Waals surface area contributed by atoms with Crippen LogP contribution in [0.15, 0.2) is 18.2 Å². The van der Waals surface area contributed by atoms with Crippen molar-refractivity contribution in [3.05, 3.63) is 50.1 Å². The molecular weight excluding hydrogens is 458 g/mol. The molecule has 0 spiro atoms. The molecule has 0 atom stereocenters. The van der Waals surface area contributed by atoms with Crippen molar-refractivity contribution in [3.8, 4) is 0 Å². The van der Waals surface area contributed by atoms with E-state index in [9.17, 15) is 14.9 Å². The van der Waals surface area contributed by atoms with Crippen molar-refractivity contribution in [2.75, 3.05) is 36.9 Å². The summed E-state index contributed by atoms with van der Waals surface area (Å²) in [5.74, 6) is 0.0438. The van der Waals surface area contributed by atoms with E-state index < -0.39 is 10.9 Å². The normalized spacial score (nSPS) is 16.2. The molecule has 2 N–H and O–H groups in total. The number of ether oxygens (including phenoxy) is 2. The molecule has 0 radical (unpaired) electrons. The lowest BCUT2D eigenvalue weighted by Gasteiger charge is -2.30. The molecule has 1 fully saturated rings. The zero-order chi connectivity index (χ0) is 23.7. The van der Waals surface area contributed by atoms with Gasteiger partial charge in [0.05, 0.1) is 34.8 Å². The Hall–Kier alpha value is -3.31. The van der Waals surface area contributed by atoms with Crippen LogP contribution in [0.4, 0.5) is 17.2 Å². The molecule has 3 aromatic rings. The van der Waals surface area contributed by atoms with Crippen molar-refractivity contribution in [1.29, 1.82) is 0 Å². The molecule has 0 saturated carbocycles. The predicted octanol–water partition coefficient (Wildman–Crippen LogP) is 3.64. The van der Waals surface area contributed by atoms with Gasteiger partial charge in [0.15, 0.2) is 12.4 Å². The van der Waals surface area contributed by atoms with Crippen LogP contribution in [-0.4, -0.2) is 47.2 Å². The smallest absolute Gasteiger partial charge is 0.340 e. The second kappa shape index (κ2) is 9.51. The van der Waals surface area contributed by atoms with E-state index in [1.54, 1.807) is 17.4 Å². The molecule has 1 aliphatic heterocycles. The maximum absolute atomic E-state index is 13.0. The summed E-state index contributed by atoms with van der Waals surface area (Å²) in [5, 5.41) is 12.2. The Bertz CT molecular complexity index is 1250. The van der Waals surface area contributed by atoms with Crippen LogP contribution in [0, 0.1) is 10.1 Å². The Morgan fingerprint density at radius 1 is 1.21 bits per heavy atom. The monoisotopic (exact) mass is 483 g/mol. The van der Waals surface area contributed by atoms with E-state index in [4.69, 9.17) is 15.2 Å². The van der Waals surface area contributed by atoms with Gasteiger partial charge in [-0.3, -0.25) is 10.1 Å². The van der Waals surface area contributed by atoms with Gasteiger partial charge < -0.3 is 20.1 Å². The van der Waals surface area contributed by atoms with Crippen molar-refractivity contribution in [1.82, 2.24) is 9.97 Å². The lowest BCUT2D eigenvalue weighted by molar-refractivity contribution is -0.384. The summed E-state index contributed by atoms with van der Waals surface area (Å²) in [4.78, 5) is 36.9. The zero-order valence-corrected chi connectivity index (χ0v) is 19.4. The number of carbonyl (C=O) groups excluding carboxylic acids is 1. The summed E-state index contributed by atoms with van der Waals surface area (Å²) >= 11 is 1.63. The Morgan fingerprint density at radius 3 is 2.79 bits per heavy atom. The van der Waals surface area contributed by atoms with Gasteiger partial charge in [0.25, 0.3) is 5.69 Å². The summed E-state index contributed by atoms with van der Waals surface area (Å²) < 4.78 is 10.9. The molecule has 11 heteroatoms. The minimum absolute atomic E-state index is 0.132. The summed E-state index contributed by atoms with van der Waals surface area (Å²) in [5.41, 5.74) is 8.08. The standard InChI is InChI=1S/C23H25N5O5S/c24-21-20-15-4-2-1-3-5-18(15)34-22(20)26-19(25-21)13-33-23(29)16-12-14(28(30)31)6-7-17(16)27-8-10-32-11-9-27/h6-7,12H,1-5,8-11,13H2,(H2,24,25,26). The van der Waals surface area contributed by atoms with Gasteiger partial charge in [-0.2, -0.15) is 0 Å². The molecule has 5 rings (SSSR count). The third-order valence-electron chi connectivity index (χ3n) is 6.23. The molecule has 178 valence electrons. The molecule has 2 aromatic heterocycles. The second-order valence-electron chi connectivity index (χ2n) is 8.40. The topological polar surface area (TPSA) is 134 Å². The van der Waals surface area contributed by atoms with Crippen molar-refractivity contribution in [3.63, 3.8) is 0 Å². The maximum Gasteiger partial charge on any atom is 0.340 e. The van der Waals surface area contributed by atoms with Gasteiger partial charge >= 0.3 is 5.97 Å². The van der Waals surface area contributed by atoms with Crippen molar-refractivity contribution >= 4 is 44.7 Å². The molecule has 2 aliphatic rings. The highest BCUT2D eigenvalue weighted by atomic mass is 32.1. The number of non-ortho nitro benzene ring substituents is 1. The number of nitrogen functional groups attached to an aromatic ring is 1. The number of anilines is 2. The first-order valence-corrected chi connectivity index (χ1v) is 12.2. The van der Waals surface area contributed by atoms with Crippen LogP contribution in [-0.2, 0) is 28.9 Å². The molecule has 1 saturated heterocycles. The quantitative estimate of drug-likeness (QED) is 0.250. The fourth-order valence-corrected chi connectivity index (χ4v) is 5.85. The molecule has 0 unspecified atom stereocenters. The number of aryl methyl sites for hydroxylation is 2. The van der Waals surface area contributed by atoms with E-state index in [0.717, 1.165) is 35.9 Å². The fourth-order valence-electron chi connectivity index (χ4n) is 4.56. The highest BCUT2D eigenvalue weighted by molar-refractivity contribution is 7.19. The number of rotatable bonds is 5. The van der Waals surface area contributed by atoms with Crippen LogP contribution in [0.3, 0.4) is 0 Å². The number of carbonyl (C=O) groups is 1. The molecule has 10 nitrogen and oxygen atoms in total. The maximum atomic E-state index is 13.0. The van der Waals surface area contributed by atoms with E-state index in [1.165, 1.54) is 29.0 Å². The fraction of sp³-hybridized carbons (Fsp3) is 0.435. The Morgan fingerprint density at radius 2 is 2.00 bits per heavy atom. The van der Waals surface area contributed by atoms with Crippen molar-refractivity contribution < 1.29 is 19.2 Å². The molecular formula is C23H25N5O5S. The number of hydrogen-bond donors (Lipinski definition) is 1. The number of thiophene rings is 1. The van der Waals surface area contributed by atoms with Crippen LogP contribution < -0.4 is 10.6 Å². The van der Waals surface area contributed by atoms with E-state index in [2.05, 4.69) is 9.97 Å². The summed E-state index contributed by atoms with van der Waals surface area (Å²) in [6.45, 7) is 2.02. The Kier molecular flexibility index (Phi) is 6.29. The molecule has 1 aromatic carbocycles. The van der Waals surface area contributed by atoms with E-state index in [-0.39, 0.29) is 17.9 Å². The molecule has 34 heavy (non-hydrogen) atoms. The van der Waals surface area contributed by atoms with E-state index in [0.29, 0.717) is 43.6 Å². The van der Waals surface area contributed by atoms with Gasteiger partial charge in [-0.1, -0.05) is 6.42 Å². The van der Waals surface area contributed by atoms with Crippen LogP contribution >= 0.6 is 11.3 Å². The van der Waals surface area contributed by atoms with Crippen molar-refractivity contribution in [2.45, 2.75) is 38.7 Å². The van der Waals surface area contributed by atoms with Gasteiger partial charge in [-0.05, 0) is 37.3 Å². The minimum Gasteiger partial charge on any atom is -0.454 e. The molecule has 0 bridgehead atoms. The second-order valence-corrected chi connectivity index (χ2v) is 9.49. The number of nitrogens with zero attached hydrogens (tertiary/aromatic N) is 4. The number of hydrogen-bond acceptors (Lipinski definition) is 10. The highest BCUT2D eigenvalue weighted by Gasteiger charge is 2.24. The number of nitro benzene ring substituents is 1. The first-order valence-electron chi connectivity index (χ1n) is 11.4. The summed E-state index contributed by atoms with van der Waals surface area (Å²) in [6, 6.07) is 4.22. The molecule has 1 aliphatic carbocycles. The highest BCUT2D eigenvalue weighted by Crippen LogP contribution is 2.37. The SMILES string of the molecule is Nc1nc(COC(=O)c2cc([N+](=O)[O-])ccc2N2CCOCC2)nc2sc3c(c12)CCCCC3. The van der Waals surface area contributed by atoms with E-state index >= 15 is 0 Å². The number of esters is 1. The predicted molar refractivity (Wildman–Crippen MR) is 128 cm³/mol. The number of benzene rings is 1. The number of nitrogens with two attached hydrogens (primary N) is 1. The van der Waals surface area contributed by atoms with Crippen LogP contribution in [0.25, 0.3) is 10.2 Å². The average molecular weight is 484 g/mol. The number of nitro groups is 1. The Balaban J connectivity index is 1.39. The number of aromatic nitrogens is 2. The molecule has 0 amide bonds. The van der Waals surface area contributed by atoms with Gasteiger partial charge in [-0.25, -0.2) is 14.8 Å². The summed E-state index contributed by atoms with van der Waals surface area (Å²) in [7, 11) is 0. The van der Waals surface area contributed by atoms with Gasteiger partial charge in [0, 0.05) is 30.1 Å². The molecule has 3 heterocycles.